The smallest absolute Gasteiger partial charge is 0.358 e. The lowest BCUT2D eigenvalue weighted by atomic mass is 10.1. The Labute approximate surface area is 128 Å². The predicted molar refractivity (Wildman–Crippen MR) is 80.1 cm³/mol. The summed E-state index contributed by atoms with van der Waals surface area (Å²) in [6.07, 6.45) is 1.65. The molecule has 0 radical (unpaired) electrons. The van der Waals surface area contributed by atoms with Gasteiger partial charge in [0.1, 0.15) is 5.75 Å². The first-order valence-corrected chi connectivity index (χ1v) is 6.99. The number of methoxy groups -OCH3 is 1. The van der Waals surface area contributed by atoms with Crippen molar-refractivity contribution < 1.29 is 19.0 Å². The van der Waals surface area contributed by atoms with Crippen molar-refractivity contribution in [1.82, 2.24) is 14.8 Å². The Morgan fingerprint density at radius 2 is 1.95 bits per heavy atom. The fourth-order valence-corrected chi connectivity index (χ4v) is 2.04. The highest BCUT2D eigenvalue weighted by Crippen LogP contribution is 2.32. The van der Waals surface area contributed by atoms with Crippen molar-refractivity contribution in [1.29, 1.82) is 0 Å². The second-order valence-electron chi connectivity index (χ2n) is 4.41. The summed E-state index contributed by atoms with van der Waals surface area (Å²) >= 11 is 0. The molecular weight excluding hydrogens is 286 g/mol. The number of pyridine rings is 1. The molecule has 0 atom stereocenters. The predicted octanol–water partition coefficient (Wildman–Crippen LogP) is 2.07. The van der Waals surface area contributed by atoms with Crippen LogP contribution in [0.25, 0.3) is 11.3 Å². The van der Waals surface area contributed by atoms with Gasteiger partial charge < -0.3 is 14.2 Å². The Bertz CT molecular complexity index is 667. The average molecular weight is 305 g/mol. The van der Waals surface area contributed by atoms with Crippen LogP contribution in [-0.2, 0) is 11.8 Å². The van der Waals surface area contributed by atoms with E-state index in [4.69, 9.17) is 9.47 Å². The third-order valence-corrected chi connectivity index (χ3v) is 2.98. The largest absolute Gasteiger partial charge is 0.493 e. The van der Waals surface area contributed by atoms with E-state index in [9.17, 15) is 4.79 Å². The van der Waals surface area contributed by atoms with Crippen LogP contribution in [-0.4, -0.2) is 41.1 Å². The maximum Gasteiger partial charge on any atom is 0.358 e. The van der Waals surface area contributed by atoms with E-state index in [2.05, 4.69) is 14.8 Å². The lowest BCUT2D eigenvalue weighted by Gasteiger charge is -2.11. The van der Waals surface area contributed by atoms with Gasteiger partial charge in [0.15, 0.2) is 5.69 Å². The molecule has 118 valence electrons. The quantitative estimate of drug-likeness (QED) is 0.760. The first kappa shape index (κ1) is 15.8. The Kier molecular flexibility index (Phi) is 4.98. The minimum atomic E-state index is -0.487. The van der Waals surface area contributed by atoms with Crippen molar-refractivity contribution in [2.75, 3.05) is 20.3 Å². The zero-order chi connectivity index (χ0) is 16.1. The number of aryl methyl sites for hydroxylation is 1. The molecule has 0 saturated carbocycles. The Hall–Kier alpha value is -2.57. The molecule has 0 amide bonds. The lowest BCUT2D eigenvalue weighted by molar-refractivity contribution is 0.0593. The second kappa shape index (κ2) is 6.93. The molecule has 2 heterocycles. The summed E-state index contributed by atoms with van der Waals surface area (Å²) in [6, 6.07) is 3.37. The van der Waals surface area contributed by atoms with Crippen LogP contribution in [0.4, 0.5) is 0 Å². The van der Waals surface area contributed by atoms with E-state index in [0.29, 0.717) is 30.5 Å². The van der Waals surface area contributed by atoms with Crippen molar-refractivity contribution in [3.05, 3.63) is 24.0 Å². The van der Waals surface area contributed by atoms with Gasteiger partial charge >= 0.3 is 5.97 Å². The molecule has 2 aromatic heterocycles. The number of carbonyl (C=O) groups is 1. The fraction of sp³-hybridized carbons (Fsp3) is 0.400. The van der Waals surface area contributed by atoms with Gasteiger partial charge in [0.05, 0.1) is 31.6 Å². The highest BCUT2D eigenvalue weighted by Gasteiger charge is 2.18. The van der Waals surface area contributed by atoms with E-state index >= 15 is 0 Å². The molecule has 0 N–H and O–H groups in total. The molecular formula is C15H19N3O4. The Morgan fingerprint density at radius 1 is 1.23 bits per heavy atom. The zero-order valence-electron chi connectivity index (χ0n) is 13.1. The molecule has 0 saturated heterocycles. The van der Waals surface area contributed by atoms with Gasteiger partial charge in [-0.15, -0.1) is 0 Å². The molecule has 0 aliphatic carbocycles. The van der Waals surface area contributed by atoms with Crippen molar-refractivity contribution in [2.45, 2.75) is 13.8 Å². The van der Waals surface area contributed by atoms with Crippen LogP contribution in [0.15, 0.2) is 18.3 Å². The maximum atomic E-state index is 11.6. The number of nitrogens with zero attached hydrogens (tertiary/aromatic N) is 3. The number of hydrogen-bond acceptors (Lipinski definition) is 6. The molecule has 0 bridgehead atoms. The monoisotopic (exact) mass is 305 g/mol. The van der Waals surface area contributed by atoms with Crippen LogP contribution in [0.2, 0.25) is 0 Å². The van der Waals surface area contributed by atoms with Gasteiger partial charge in [-0.1, -0.05) is 0 Å². The van der Waals surface area contributed by atoms with Gasteiger partial charge in [0, 0.05) is 19.3 Å². The standard InChI is InChI=1S/C15H19N3O4/c1-5-21-13-8-14(22-6-2)16-9-10(13)12-7-11(15(19)20-4)17-18(12)3/h7-9H,5-6H2,1-4H3. The van der Waals surface area contributed by atoms with Gasteiger partial charge in [-0.25, -0.2) is 9.78 Å². The molecule has 7 heteroatoms. The minimum absolute atomic E-state index is 0.233. The first-order chi connectivity index (χ1) is 10.6. The van der Waals surface area contributed by atoms with E-state index in [1.54, 1.807) is 30.1 Å². The van der Waals surface area contributed by atoms with E-state index in [0.717, 1.165) is 5.56 Å². The third kappa shape index (κ3) is 3.19. The molecule has 7 nitrogen and oxygen atoms in total. The summed E-state index contributed by atoms with van der Waals surface area (Å²) in [5.74, 6) is 0.629. The molecule has 0 spiro atoms. The summed E-state index contributed by atoms with van der Waals surface area (Å²) in [7, 11) is 3.06. The molecule has 0 aliphatic heterocycles. The third-order valence-electron chi connectivity index (χ3n) is 2.98. The maximum absolute atomic E-state index is 11.6. The van der Waals surface area contributed by atoms with Crippen molar-refractivity contribution in [3.8, 4) is 22.9 Å². The van der Waals surface area contributed by atoms with Gasteiger partial charge in [-0.3, -0.25) is 4.68 Å². The highest BCUT2D eigenvalue weighted by molar-refractivity contribution is 5.89. The van der Waals surface area contributed by atoms with Crippen LogP contribution in [0, 0.1) is 0 Å². The van der Waals surface area contributed by atoms with E-state index in [1.807, 2.05) is 13.8 Å². The molecule has 2 aromatic rings. The van der Waals surface area contributed by atoms with Gasteiger partial charge in [0.2, 0.25) is 5.88 Å². The van der Waals surface area contributed by atoms with Crippen molar-refractivity contribution in [3.63, 3.8) is 0 Å². The molecule has 0 unspecified atom stereocenters. The zero-order valence-corrected chi connectivity index (χ0v) is 13.1. The SMILES string of the molecule is CCOc1cc(OCC)c(-c2cc(C(=O)OC)nn2C)cn1. The van der Waals surface area contributed by atoms with Gasteiger partial charge in [-0.2, -0.15) is 5.10 Å². The van der Waals surface area contributed by atoms with Crippen LogP contribution in [0.3, 0.4) is 0 Å². The van der Waals surface area contributed by atoms with Gasteiger partial charge in [-0.05, 0) is 19.9 Å². The summed E-state index contributed by atoms with van der Waals surface area (Å²) in [6.45, 7) is 4.81. The van der Waals surface area contributed by atoms with Crippen LogP contribution >= 0.6 is 0 Å². The second-order valence-corrected chi connectivity index (χ2v) is 4.41. The van der Waals surface area contributed by atoms with Gasteiger partial charge in [0.25, 0.3) is 0 Å². The number of carbonyl (C=O) groups excluding carboxylic acids is 1. The molecule has 0 fully saturated rings. The molecule has 22 heavy (non-hydrogen) atoms. The number of rotatable bonds is 6. The summed E-state index contributed by atoms with van der Waals surface area (Å²) in [4.78, 5) is 15.8. The minimum Gasteiger partial charge on any atom is -0.493 e. The normalized spacial score (nSPS) is 10.4. The topological polar surface area (TPSA) is 75.5 Å². The number of ether oxygens (including phenoxy) is 3. The van der Waals surface area contributed by atoms with Crippen LogP contribution in [0.5, 0.6) is 11.6 Å². The van der Waals surface area contributed by atoms with Crippen LogP contribution in [0.1, 0.15) is 24.3 Å². The lowest BCUT2D eigenvalue weighted by Crippen LogP contribution is -2.03. The van der Waals surface area contributed by atoms with E-state index in [-0.39, 0.29) is 5.69 Å². The molecule has 2 rings (SSSR count). The van der Waals surface area contributed by atoms with Crippen molar-refractivity contribution in [2.24, 2.45) is 7.05 Å². The molecule has 0 aromatic carbocycles. The Balaban J connectivity index is 2.47. The summed E-state index contributed by atoms with van der Waals surface area (Å²) in [5, 5.41) is 4.15. The summed E-state index contributed by atoms with van der Waals surface area (Å²) < 4.78 is 17.3. The van der Waals surface area contributed by atoms with Crippen molar-refractivity contribution >= 4 is 5.97 Å². The fourth-order valence-electron chi connectivity index (χ4n) is 2.04. The summed E-state index contributed by atoms with van der Waals surface area (Å²) in [5.41, 5.74) is 1.67. The van der Waals surface area contributed by atoms with E-state index < -0.39 is 5.97 Å². The van der Waals surface area contributed by atoms with Crippen LogP contribution < -0.4 is 9.47 Å². The molecule has 0 aliphatic rings. The highest BCUT2D eigenvalue weighted by atomic mass is 16.5. The number of aromatic nitrogens is 3. The Morgan fingerprint density at radius 3 is 2.59 bits per heavy atom. The van der Waals surface area contributed by atoms with E-state index in [1.165, 1.54) is 7.11 Å². The number of hydrogen-bond donors (Lipinski definition) is 0. The number of esters is 1. The average Bonchev–Trinajstić information content (AvgIpc) is 2.89. The first-order valence-electron chi connectivity index (χ1n) is 6.99.